The standard InChI is InChI=1S/C16H29N3/c1-4-17-16-10-8-6-7-9-14(16)12-15-11-13(3)18-19(15)5-2/h11,14,16-17H,4-10,12H2,1-3H3. The van der Waals surface area contributed by atoms with Crippen molar-refractivity contribution in [1.82, 2.24) is 15.1 Å². The Morgan fingerprint density at radius 2 is 2.05 bits per heavy atom. The molecule has 1 saturated carbocycles. The molecule has 0 saturated heterocycles. The highest BCUT2D eigenvalue weighted by molar-refractivity contribution is 5.10. The van der Waals surface area contributed by atoms with E-state index < -0.39 is 0 Å². The van der Waals surface area contributed by atoms with E-state index >= 15 is 0 Å². The molecule has 1 fully saturated rings. The molecule has 19 heavy (non-hydrogen) atoms. The molecule has 1 aromatic heterocycles. The van der Waals surface area contributed by atoms with Crippen molar-refractivity contribution in [2.75, 3.05) is 6.54 Å². The van der Waals surface area contributed by atoms with Crippen molar-refractivity contribution < 1.29 is 0 Å². The molecule has 0 aliphatic heterocycles. The van der Waals surface area contributed by atoms with E-state index in [0.29, 0.717) is 6.04 Å². The van der Waals surface area contributed by atoms with Gasteiger partial charge in [0.1, 0.15) is 0 Å². The lowest BCUT2D eigenvalue weighted by Crippen LogP contribution is -2.36. The SMILES string of the molecule is CCNC1CCCCCC1Cc1cc(C)nn1CC. The van der Waals surface area contributed by atoms with Gasteiger partial charge in [0.25, 0.3) is 0 Å². The lowest BCUT2D eigenvalue weighted by atomic mass is 9.90. The van der Waals surface area contributed by atoms with Gasteiger partial charge in [-0.3, -0.25) is 4.68 Å². The Hall–Kier alpha value is -0.830. The van der Waals surface area contributed by atoms with Crippen molar-refractivity contribution in [2.45, 2.75) is 71.9 Å². The molecule has 1 aliphatic rings. The van der Waals surface area contributed by atoms with E-state index in [1.165, 1.54) is 44.2 Å². The summed E-state index contributed by atoms with van der Waals surface area (Å²) in [5.41, 5.74) is 2.58. The first-order valence-corrected chi connectivity index (χ1v) is 8.01. The third-order valence-corrected chi connectivity index (χ3v) is 4.38. The van der Waals surface area contributed by atoms with Crippen LogP contribution in [-0.4, -0.2) is 22.4 Å². The van der Waals surface area contributed by atoms with Crippen molar-refractivity contribution in [3.05, 3.63) is 17.5 Å². The average molecular weight is 263 g/mol. The van der Waals surface area contributed by atoms with E-state index in [4.69, 9.17) is 0 Å². The maximum atomic E-state index is 4.59. The fourth-order valence-electron chi connectivity index (χ4n) is 3.47. The predicted molar refractivity (Wildman–Crippen MR) is 80.4 cm³/mol. The fraction of sp³-hybridized carbons (Fsp3) is 0.812. The Kier molecular flexibility index (Phi) is 5.44. The fourth-order valence-corrected chi connectivity index (χ4v) is 3.47. The number of nitrogens with one attached hydrogen (secondary N) is 1. The highest BCUT2D eigenvalue weighted by atomic mass is 15.3. The smallest absolute Gasteiger partial charge is 0.0596 e. The average Bonchev–Trinajstić information content (AvgIpc) is 2.60. The molecule has 2 atom stereocenters. The molecular formula is C16H29N3. The van der Waals surface area contributed by atoms with E-state index in [9.17, 15) is 0 Å². The Morgan fingerprint density at radius 1 is 1.26 bits per heavy atom. The molecule has 3 nitrogen and oxygen atoms in total. The third-order valence-electron chi connectivity index (χ3n) is 4.38. The number of rotatable bonds is 5. The van der Waals surface area contributed by atoms with Crippen molar-refractivity contribution in [3.8, 4) is 0 Å². The van der Waals surface area contributed by atoms with Crippen LogP contribution in [0.5, 0.6) is 0 Å². The molecule has 1 heterocycles. The summed E-state index contributed by atoms with van der Waals surface area (Å²) < 4.78 is 2.18. The summed E-state index contributed by atoms with van der Waals surface area (Å²) in [4.78, 5) is 0. The summed E-state index contributed by atoms with van der Waals surface area (Å²) in [7, 11) is 0. The Balaban J connectivity index is 2.08. The second-order valence-electron chi connectivity index (χ2n) is 5.86. The van der Waals surface area contributed by atoms with Gasteiger partial charge < -0.3 is 5.32 Å². The van der Waals surface area contributed by atoms with Crippen LogP contribution < -0.4 is 5.32 Å². The molecule has 1 aromatic rings. The van der Waals surface area contributed by atoms with Crippen molar-refractivity contribution in [3.63, 3.8) is 0 Å². The van der Waals surface area contributed by atoms with Gasteiger partial charge in [0.05, 0.1) is 5.69 Å². The number of aryl methyl sites for hydroxylation is 2. The van der Waals surface area contributed by atoms with Gasteiger partial charge >= 0.3 is 0 Å². The first kappa shape index (κ1) is 14.6. The molecule has 1 aliphatic carbocycles. The van der Waals surface area contributed by atoms with Gasteiger partial charge in [0, 0.05) is 18.3 Å². The summed E-state index contributed by atoms with van der Waals surface area (Å²) in [6.07, 6.45) is 8.09. The van der Waals surface area contributed by atoms with Crippen LogP contribution in [0.2, 0.25) is 0 Å². The van der Waals surface area contributed by atoms with E-state index in [1.807, 2.05) is 0 Å². The van der Waals surface area contributed by atoms with Crippen LogP contribution in [0.25, 0.3) is 0 Å². The second kappa shape index (κ2) is 7.09. The number of aromatic nitrogens is 2. The molecule has 0 bridgehead atoms. The highest BCUT2D eigenvalue weighted by Gasteiger charge is 2.24. The minimum absolute atomic E-state index is 0.702. The summed E-state index contributed by atoms with van der Waals surface area (Å²) in [5, 5.41) is 8.29. The van der Waals surface area contributed by atoms with Gasteiger partial charge in [-0.25, -0.2) is 0 Å². The van der Waals surface area contributed by atoms with Crippen LogP contribution in [0.4, 0.5) is 0 Å². The molecule has 2 rings (SSSR count). The lowest BCUT2D eigenvalue weighted by Gasteiger charge is -2.26. The zero-order valence-electron chi connectivity index (χ0n) is 12.8. The molecule has 0 spiro atoms. The molecule has 3 heteroatoms. The Labute approximate surface area is 117 Å². The van der Waals surface area contributed by atoms with Gasteiger partial charge in [-0.05, 0) is 51.6 Å². The minimum atomic E-state index is 0.702. The van der Waals surface area contributed by atoms with Gasteiger partial charge in [0.15, 0.2) is 0 Å². The Morgan fingerprint density at radius 3 is 2.79 bits per heavy atom. The van der Waals surface area contributed by atoms with Crippen molar-refractivity contribution in [1.29, 1.82) is 0 Å². The number of hydrogen-bond donors (Lipinski definition) is 1. The summed E-state index contributed by atoms with van der Waals surface area (Å²) in [5.74, 6) is 0.781. The van der Waals surface area contributed by atoms with Crippen molar-refractivity contribution in [2.24, 2.45) is 5.92 Å². The van der Waals surface area contributed by atoms with Gasteiger partial charge in [-0.1, -0.05) is 26.2 Å². The van der Waals surface area contributed by atoms with Gasteiger partial charge in [0.2, 0.25) is 0 Å². The second-order valence-corrected chi connectivity index (χ2v) is 5.86. The largest absolute Gasteiger partial charge is 0.314 e. The van der Waals surface area contributed by atoms with Crippen LogP contribution >= 0.6 is 0 Å². The molecule has 0 aromatic carbocycles. The zero-order chi connectivity index (χ0) is 13.7. The minimum Gasteiger partial charge on any atom is -0.314 e. The quantitative estimate of drug-likeness (QED) is 0.826. The maximum absolute atomic E-state index is 4.59. The molecule has 0 radical (unpaired) electrons. The first-order chi connectivity index (χ1) is 9.24. The van der Waals surface area contributed by atoms with E-state index in [2.05, 4.69) is 41.9 Å². The topological polar surface area (TPSA) is 29.9 Å². The molecular weight excluding hydrogens is 234 g/mol. The summed E-state index contributed by atoms with van der Waals surface area (Å²) in [6, 6.07) is 2.98. The third kappa shape index (κ3) is 3.82. The van der Waals surface area contributed by atoms with Crippen LogP contribution in [0.1, 0.15) is 57.3 Å². The van der Waals surface area contributed by atoms with E-state index in [1.54, 1.807) is 0 Å². The lowest BCUT2D eigenvalue weighted by molar-refractivity contribution is 0.330. The predicted octanol–water partition coefficient (Wildman–Crippen LogP) is 3.31. The van der Waals surface area contributed by atoms with Crippen LogP contribution in [-0.2, 0) is 13.0 Å². The van der Waals surface area contributed by atoms with Crippen LogP contribution in [0.15, 0.2) is 6.07 Å². The molecule has 2 unspecified atom stereocenters. The van der Waals surface area contributed by atoms with Gasteiger partial charge in [-0.15, -0.1) is 0 Å². The Bertz CT molecular complexity index is 383. The van der Waals surface area contributed by atoms with E-state index in [-0.39, 0.29) is 0 Å². The number of hydrogen-bond acceptors (Lipinski definition) is 2. The molecule has 0 amide bonds. The van der Waals surface area contributed by atoms with Crippen molar-refractivity contribution >= 4 is 0 Å². The molecule has 1 N–H and O–H groups in total. The first-order valence-electron chi connectivity index (χ1n) is 8.01. The highest BCUT2D eigenvalue weighted by Crippen LogP contribution is 2.27. The normalized spacial score (nSPS) is 24.4. The maximum Gasteiger partial charge on any atom is 0.0596 e. The summed E-state index contributed by atoms with van der Waals surface area (Å²) in [6.45, 7) is 8.59. The monoisotopic (exact) mass is 263 g/mol. The number of nitrogens with zero attached hydrogens (tertiary/aromatic N) is 2. The van der Waals surface area contributed by atoms with E-state index in [0.717, 1.165) is 24.7 Å². The van der Waals surface area contributed by atoms with Gasteiger partial charge in [-0.2, -0.15) is 5.10 Å². The van der Waals surface area contributed by atoms with Crippen LogP contribution in [0, 0.1) is 12.8 Å². The molecule has 108 valence electrons. The zero-order valence-corrected chi connectivity index (χ0v) is 12.8. The van der Waals surface area contributed by atoms with Crippen LogP contribution in [0.3, 0.4) is 0 Å². The summed E-state index contributed by atoms with van der Waals surface area (Å²) >= 11 is 0.